The number of thiophene rings is 1. The third-order valence-electron chi connectivity index (χ3n) is 11.7. The van der Waals surface area contributed by atoms with Gasteiger partial charge in [-0.25, -0.2) is 0 Å². The number of azo groups is 1. The Morgan fingerprint density at radius 1 is 0.968 bits per heavy atom. The summed E-state index contributed by atoms with van der Waals surface area (Å²) in [7, 11) is 1.87. The minimum absolute atomic E-state index is 0.112. The predicted octanol–water partition coefficient (Wildman–Crippen LogP) is 7.75. The van der Waals surface area contributed by atoms with Crippen LogP contribution in [0.4, 0.5) is 17.1 Å². The normalized spacial score (nSPS) is 16.9. The highest BCUT2D eigenvalue weighted by atomic mass is 35.5. The number of hydrogen-bond acceptors (Lipinski definition) is 12. The van der Waals surface area contributed by atoms with Crippen LogP contribution in [-0.2, 0) is 25.7 Å². The molecule has 1 saturated heterocycles. The molecule has 2 aromatic heterocycles. The second-order valence-corrected chi connectivity index (χ2v) is 17.7. The molecule has 324 valence electrons. The fourth-order valence-corrected chi connectivity index (χ4v) is 9.56. The molecule has 0 radical (unpaired) electrons. The van der Waals surface area contributed by atoms with Crippen LogP contribution >= 0.6 is 22.9 Å². The summed E-state index contributed by atoms with van der Waals surface area (Å²) in [6, 6.07) is 18.9. The van der Waals surface area contributed by atoms with E-state index in [0.29, 0.717) is 52.7 Å². The van der Waals surface area contributed by atoms with Crippen LogP contribution in [0.25, 0.3) is 5.00 Å². The van der Waals surface area contributed by atoms with Crippen molar-refractivity contribution in [3.05, 3.63) is 116 Å². The van der Waals surface area contributed by atoms with Crippen molar-refractivity contribution in [1.29, 1.82) is 0 Å². The molecule has 0 saturated carbocycles. The molecular formula is C46H47ClN10O5S. The van der Waals surface area contributed by atoms with E-state index in [0.717, 1.165) is 51.8 Å². The fourth-order valence-electron chi connectivity index (χ4n) is 8.22. The summed E-state index contributed by atoms with van der Waals surface area (Å²) in [5.41, 5.74) is 6.99. The number of hydrogen-bond donors (Lipinski definition) is 2. The summed E-state index contributed by atoms with van der Waals surface area (Å²) < 4.78 is 2.03. The quantitative estimate of drug-likeness (QED) is 0.0608. The third kappa shape index (κ3) is 9.23. The van der Waals surface area contributed by atoms with Crippen LogP contribution in [-0.4, -0.2) is 81.0 Å². The number of aliphatic imine (C=N–C) groups is 1. The van der Waals surface area contributed by atoms with Crippen molar-refractivity contribution >= 4 is 75.1 Å². The molecule has 0 aliphatic carbocycles. The summed E-state index contributed by atoms with van der Waals surface area (Å²) in [5.74, 6) is 0.288. The Hall–Kier alpha value is -6.39. The number of fused-ring (bicyclic) bond motifs is 4. The lowest BCUT2D eigenvalue weighted by molar-refractivity contribution is -0.137. The number of likely N-dealkylation sites (N-methyl/N-ethyl adjacent to an activating group) is 1. The molecule has 2 unspecified atom stereocenters. The van der Waals surface area contributed by atoms with Crippen LogP contribution in [0.5, 0.6) is 0 Å². The van der Waals surface area contributed by atoms with Crippen molar-refractivity contribution in [2.45, 2.75) is 84.3 Å². The summed E-state index contributed by atoms with van der Waals surface area (Å²) in [5, 5.41) is 24.7. The van der Waals surface area contributed by atoms with Gasteiger partial charge in [0.15, 0.2) is 11.6 Å². The first kappa shape index (κ1) is 43.3. The van der Waals surface area contributed by atoms with Gasteiger partial charge in [0.05, 0.1) is 30.1 Å². The van der Waals surface area contributed by atoms with Gasteiger partial charge in [-0.15, -0.1) is 21.5 Å². The number of amides is 4. The number of nitrogens with zero attached hydrogens (tertiary/aromatic N) is 8. The Morgan fingerprint density at radius 2 is 1.75 bits per heavy atom. The number of unbranched alkanes of at least 4 members (excludes halogenated alkanes) is 2. The molecule has 63 heavy (non-hydrogen) atoms. The fraction of sp³-hybridized carbons (Fsp3) is 0.348. The molecule has 2 N–H and O–H groups in total. The summed E-state index contributed by atoms with van der Waals surface area (Å²) in [6.45, 7) is 7.04. The summed E-state index contributed by atoms with van der Waals surface area (Å²) >= 11 is 7.90. The number of aromatic nitrogens is 3. The number of nitrogens with one attached hydrogen (secondary N) is 2. The molecule has 0 bridgehead atoms. The van der Waals surface area contributed by atoms with Gasteiger partial charge >= 0.3 is 0 Å². The van der Waals surface area contributed by atoms with E-state index in [9.17, 15) is 24.0 Å². The Labute approximate surface area is 373 Å². The first-order valence-electron chi connectivity index (χ1n) is 21.0. The van der Waals surface area contributed by atoms with Gasteiger partial charge in [-0.2, -0.15) is 10.2 Å². The number of piperidine rings is 1. The lowest BCUT2D eigenvalue weighted by atomic mass is 9.99. The van der Waals surface area contributed by atoms with Gasteiger partial charge < -0.3 is 15.1 Å². The summed E-state index contributed by atoms with van der Waals surface area (Å²) in [6.07, 6.45) is 3.24. The standard InChI is InChI=1S/C46H47ClN10O5S/c1-26-27(2)63-46-41(26)42(29-12-14-30(47)15-13-29)49-37(43-54-51-28(3)57(43)46)23-40(60)48-22-7-5-6-9-33(58)24-55(4)32-18-16-31(17-19-32)52-53-36-11-8-10-34-35(36)25-56(45(34)62)38-20-21-39(59)50-44(38)61/h8,10-19,37-38H,5-7,9,20-25H2,1-4H3,(H,48,60)(H,50,59,61). The van der Waals surface area contributed by atoms with Gasteiger partial charge in [0, 0.05) is 70.8 Å². The van der Waals surface area contributed by atoms with Crippen LogP contribution in [0, 0.1) is 20.8 Å². The third-order valence-corrected chi connectivity index (χ3v) is 13.2. The van der Waals surface area contributed by atoms with Crippen LogP contribution in [0.1, 0.15) is 100 Å². The molecular weight excluding hydrogens is 840 g/mol. The Balaban J connectivity index is 0.792. The lowest BCUT2D eigenvalue weighted by Gasteiger charge is -2.29. The lowest BCUT2D eigenvalue weighted by Crippen LogP contribution is -2.52. The molecule has 1 fully saturated rings. The number of anilines is 1. The molecule has 8 rings (SSSR count). The van der Waals surface area contributed by atoms with Crippen LogP contribution in [0.3, 0.4) is 0 Å². The predicted molar refractivity (Wildman–Crippen MR) is 241 cm³/mol. The number of carbonyl (C=O) groups excluding carboxylic acids is 5. The Morgan fingerprint density at radius 3 is 2.51 bits per heavy atom. The monoisotopic (exact) mass is 886 g/mol. The summed E-state index contributed by atoms with van der Waals surface area (Å²) in [4.78, 5) is 73.3. The van der Waals surface area contributed by atoms with Crippen LogP contribution in [0.15, 0.2) is 82.0 Å². The second-order valence-electron chi connectivity index (χ2n) is 16.1. The Kier molecular flexibility index (Phi) is 12.7. The minimum Gasteiger partial charge on any atom is -0.367 e. The number of carbonyl (C=O) groups is 5. The van der Waals surface area contributed by atoms with Gasteiger partial charge in [0.25, 0.3) is 5.91 Å². The molecule has 0 spiro atoms. The largest absolute Gasteiger partial charge is 0.367 e. The van der Waals surface area contributed by atoms with Crippen LogP contribution in [0.2, 0.25) is 5.02 Å². The van der Waals surface area contributed by atoms with E-state index in [1.807, 2.05) is 72.0 Å². The first-order chi connectivity index (χ1) is 30.4. The molecule has 17 heteroatoms. The van der Waals surface area contributed by atoms with Crippen molar-refractivity contribution < 1.29 is 24.0 Å². The SMILES string of the molecule is Cc1sc2c(c1C)C(c1ccc(Cl)cc1)=NC(CC(=O)NCCCCCC(=O)CN(C)c1ccc(N=Nc3cccc4c3CN(C3CCC(=O)NC3=O)C4=O)cc1)c1nnc(C)n1-2. The second kappa shape index (κ2) is 18.5. The molecule has 5 heterocycles. The maximum Gasteiger partial charge on any atom is 0.255 e. The topological polar surface area (TPSA) is 184 Å². The van der Waals surface area contributed by atoms with Gasteiger partial charge in [-0.05, 0) is 94.1 Å². The van der Waals surface area contributed by atoms with Gasteiger partial charge in [-0.3, -0.25) is 38.8 Å². The molecule has 3 aromatic carbocycles. The average Bonchev–Trinajstić information content (AvgIpc) is 3.88. The first-order valence-corrected chi connectivity index (χ1v) is 22.2. The number of halogens is 1. The number of imide groups is 1. The molecule has 3 aliphatic rings. The molecule has 5 aromatic rings. The van der Waals surface area contributed by atoms with Gasteiger partial charge in [0.1, 0.15) is 22.9 Å². The zero-order valence-electron chi connectivity index (χ0n) is 35.5. The highest BCUT2D eigenvalue weighted by Gasteiger charge is 2.40. The van der Waals surface area contributed by atoms with Crippen molar-refractivity contribution in [1.82, 2.24) is 30.3 Å². The number of rotatable bonds is 15. The van der Waals surface area contributed by atoms with Gasteiger partial charge in [-0.1, -0.05) is 36.2 Å². The maximum atomic E-state index is 13.4. The smallest absolute Gasteiger partial charge is 0.255 e. The van der Waals surface area contributed by atoms with E-state index in [4.69, 9.17) is 16.6 Å². The number of ketones is 1. The van der Waals surface area contributed by atoms with E-state index < -0.39 is 18.0 Å². The van der Waals surface area contributed by atoms with E-state index in [1.165, 1.54) is 9.78 Å². The molecule has 15 nitrogen and oxygen atoms in total. The van der Waals surface area contributed by atoms with E-state index in [-0.39, 0.29) is 55.9 Å². The van der Waals surface area contributed by atoms with E-state index in [1.54, 1.807) is 29.5 Å². The highest BCUT2D eigenvalue weighted by Crippen LogP contribution is 2.40. The van der Waals surface area contributed by atoms with E-state index >= 15 is 0 Å². The van der Waals surface area contributed by atoms with Crippen molar-refractivity contribution in [3.63, 3.8) is 0 Å². The number of aryl methyl sites for hydroxylation is 2. The Bertz CT molecular complexity index is 2670. The van der Waals surface area contributed by atoms with Crippen molar-refractivity contribution in [3.8, 4) is 5.00 Å². The number of benzene rings is 3. The highest BCUT2D eigenvalue weighted by molar-refractivity contribution is 7.15. The molecule has 3 aliphatic heterocycles. The average molecular weight is 887 g/mol. The number of Topliss-reactive ketones (excluding diaryl/α,β-unsaturated/α-hetero) is 1. The van der Waals surface area contributed by atoms with E-state index in [2.05, 4.69) is 44.9 Å². The molecule has 2 atom stereocenters. The van der Waals surface area contributed by atoms with Crippen molar-refractivity contribution in [2.75, 3.05) is 25.0 Å². The molecule has 4 amide bonds. The zero-order chi connectivity index (χ0) is 44.4. The van der Waals surface area contributed by atoms with Gasteiger partial charge in [0.2, 0.25) is 17.7 Å². The van der Waals surface area contributed by atoms with Crippen LogP contribution < -0.4 is 15.5 Å². The maximum absolute atomic E-state index is 13.4. The minimum atomic E-state index is -0.709. The van der Waals surface area contributed by atoms with Crippen molar-refractivity contribution in [2.24, 2.45) is 15.2 Å². The zero-order valence-corrected chi connectivity index (χ0v) is 37.1.